The van der Waals surface area contributed by atoms with Gasteiger partial charge in [0, 0.05) is 22.8 Å². The fourth-order valence-electron chi connectivity index (χ4n) is 2.61. The predicted molar refractivity (Wildman–Crippen MR) is 94.9 cm³/mol. The Balaban J connectivity index is 1.69. The van der Waals surface area contributed by atoms with E-state index in [1.165, 1.54) is 7.11 Å². The fourth-order valence-corrected chi connectivity index (χ4v) is 2.61. The van der Waals surface area contributed by atoms with Gasteiger partial charge in [-0.3, -0.25) is 4.79 Å². The molecule has 1 N–H and O–H groups in total. The van der Waals surface area contributed by atoms with Crippen molar-refractivity contribution in [2.75, 3.05) is 19.5 Å². The van der Waals surface area contributed by atoms with Gasteiger partial charge >= 0.3 is 5.97 Å². The van der Waals surface area contributed by atoms with Crippen LogP contribution in [-0.4, -0.2) is 30.7 Å². The molecule has 2 aromatic carbocycles. The van der Waals surface area contributed by atoms with Crippen LogP contribution in [0.1, 0.15) is 10.4 Å². The molecule has 128 valence electrons. The lowest BCUT2D eigenvalue weighted by atomic mass is 10.2. The zero-order valence-electron chi connectivity index (χ0n) is 14.0. The first-order valence-electron chi connectivity index (χ1n) is 7.72. The SMILES string of the molecule is COC(=O)c1ccc(NC(=O)Cn2ccc3cc(OC)ccc32)cc1. The van der Waals surface area contributed by atoms with E-state index in [0.717, 1.165) is 16.7 Å². The standard InChI is InChI=1S/C19H18N2O4/c1-24-16-7-8-17-14(11-16)9-10-21(17)12-18(22)20-15-5-3-13(4-6-15)19(23)25-2/h3-11H,12H2,1-2H3,(H,20,22). The number of ether oxygens (including phenoxy) is 2. The Bertz CT molecular complexity index is 913. The van der Waals surface area contributed by atoms with Crippen LogP contribution in [0.4, 0.5) is 5.69 Å². The van der Waals surface area contributed by atoms with Gasteiger partial charge in [-0.25, -0.2) is 4.79 Å². The lowest BCUT2D eigenvalue weighted by molar-refractivity contribution is -0.116. The third-order valence-corrected chi connectivity index (χ3v) is 3.88. The van der Waals surface area contributed by atoms with E-state index in [0.29, 0.717) is 11.3 Å². The summed E-state index contributed by atoms with van der Waals surface area (Å²) in [5.74, 6) is 0.214. The Labute approximate surface area is 145 Å². The molecule has 0 fully saturated rings. The molecule has 6 heteroatoms. The minimum absolute atomic E-state index is 0.154. The van der Waals surface area contributed by atoms with Gasteiger partial charge < -0.3 is 19.4 Å². The van der Waals surface area contributed by atoms with Gasteiger partial charge in [0.15, 0.2) is 0 Å². The van der Waals surface area contributed by atoms with Crippen LogP contribution in [0.25, 0.3) is 10.9 Å². The zero-order chi connectivity index (χ0) is 17.8. The molecule has 1 amide bonds. The Kier molecular flexibility index (Phi) is 4.70. The van der Waals surface area contributed by atoms with Crippen molar-refractivity contribution in [1.29, 1.82) is 0 Å². The van der Waals surface area contributed by atoms with E-state index in [2.05, 4.69) is 10.1 Å². The molecular formula is C19H18N2O4. The zero-order valence-corrected chi connectivity index (χ0v) is 14.0. The van der Waals surface area contributed by atoms with Crippen molar-refractivity contribution in [3.8, 4) is 5.75 Å². The van der Waals surface area contributed by atoms with Crippen LogP contribution in [0.2, 0.25) is 0 Å². The number of carbonyl (C=O) groups excluding carboxylic acids is 2. The lowest BCUT2D eigenvalue weighted by Crippen LogP contribution is -2.18. The van der Waals surface area contributed by atoms with Crippen molar-refractivity contribution >= 4 is 28.5 Å². The smallest absolute Gasteiger partial charge is 0.337 e. The van der Waals surface area contributed by atoms with Crippen LogP contribution in [0, 0.1) is 0 Å². The number of carbonyl (C=O) groups is 2. The molecule has 3 aromatic rings. The van der Waals surface area contributed by atoms with Crippen LogP contribution in [0.15, 0.2) is 54.7 Å². The number of methoxy groups -OCH3 is 2. The second-order valence-electron chi connectivity index (χ2n) is 5.49. The number of amides is 1. The molecule has 0 aliphatic carbocycles. The van der Waals surface area contributed by atoms with Gasteiger partial charge in [-0.2, -0.15) is 0 Å². The van der Waals surface area contributed by atoms with Crippen molar-refractivity contribution in [3.63, 3.8) is 0 Å². The number of hydrogen-bond donors (Lipinski definition) is 1. The van der Waals surface area contributed by atoms with E-state index >= 15 is 0 Å². The molecule has 1 aromatic heterocycles. The highest BCUT2D eigenvalue weighted by atomic mass is 16.5. The van der Waals surface area contributed by atoms with Gasteiger partial charge in [-0.1, -0.05) is 0 Å². The summed E-state index contributed by atoms with van der Waals surface area (Å²) in [7, 11) is 2.95. The molecular weight excluding hydrogens is 320 g/mol. The first-order valence-corrected chi connectivity index (χ1v) is 7.72. The van der Waals surface area contributed by atoms with Crippen LogP contribution in [-0.2, 0) is 16.1 Å². The number of benzene rings is 2. The Morgan fingerprint density at radius 2 is 1.80 bits per heavy atom. The number of nitrogens with one attached hydrogen (secondary N) is 1. The minimum Gasteiger partial charge on any atom is -0.497 e. The summed E-state index contributed by atoms with van der Waals surface area (Å²) in [6.07, 6.45) is 1.87. The minimum atomic E-state index is -0.410. The predicted octanol–water partition coefficient (Wildman–Crippen LogP) is 3.08. The number of hydrogen-bond acceptors (Lipinski definition) is 4. The van der Waals surface area contributed by atoms with Crippen molar-refractivity contribution < 1.29 is 19.1 Å². The Hall–Kier alpha value is -3.28. The second kappa shape index (κ2) is 7.09. The van der Waals surface area contributed by atoms with Gasteiger partial charge in [-0.05, 0) is 48.5 Å². The van der Waals surface area contributed by atoms with Crippen LogP contribution < -0.4 is 10.1 Å². The number of esters is 1. The first kappa shape index (κ1) is 16.6. The second-order valence-corrected chi connectivity index (χ2v) is 5.49. The maximum absolute atomic E-state index is 12.3. The van der Waals surface area contributed by atoms with Crippen molar-refractivity contribution in [2.24, 2.45) is 0 Å². The third kappa shape index (κ3) is 3.63. The number of anilines is 1. The molecule has 3 rings (SSSR count). The summed E-state index contributed by atoms with van der Waals surface area (Å²) in [6.45, 7) is 0.189. The largest absolute Gasteiger partial charge is 0.497 e. The monoisotopic (exact) mass is 338 g/mol. The van der Waals surface area contributed by atoms with E-state index < -0.39 is 5.97 Å². The quantitative estimate of drug-likeness (QED) is 0.726. The van der Waals surface area contributed by atoms with E-state index in [4.69, 9.17) is 4.74 Å². The summed E-state index contributed by atoms with van der Waals surface area (Å²) in [5, 5.41) is 3.82. The van der Waals surface area contributed by atoms with Crippen LogP contribution in [0.5, 0.6) is 5.75 Å². The summed E-state index contributed by atoms with van der Waals surface area (Å²) < 4.78 is 11.7. The third-order valence-electron chi connectivity index (χ3n) is 3.88. The molecule has 0 unspecified atom stereocenters. The normalized spacial score (nSPS) is 10.5. The summed E-state index contributed by atoms with van der Waals surface area (Å²) in [5.41, 5.74) is 2.01. The average molecular weight is 338 g/mol. The summed E-state index contributed by atoms with van der Waals surface area (Å²) >= 11 is 0. The van der Waals surface area contributed by atoms with Crippen LogP contribution >= 0.6 is 0 Å². The Morgan fingerprint density at radius 3 is 2.48 bits per heavy atom. The van der Waals surface area contributed by atoms with E-state index in [9.17, 15) is 9.59 Å². The molecule has 0 bridgehead atoms. The van der Waals surface area contributed by atoms with E-state index in [-0.39, 0.29) is 12.5 Å². The van der Waals surface area contributed by atoms with Gasteiger partial charge in [0.1, 0.15) is 12.3 Å². The maximum atomic E-state index is 12.3. The molecule has 0 aliphatic rings. The fraction of sp³-hybridized carbons (Fsp3) is 0.158. The van der Waals surface area contributed by atoms with Crippen LogP contribution in [0.3, 0.4) is 0 Å². The molecule has 0 spiro atoms. The van der Waals surface area contributed by atoms with Gasteiger partial charge in [-0.15, -0.1) is 0 Å². The molecule has 25 heavy (non-hydrogen) atoms. The van der Waals surface area contributed by atoms with Gasteiger partial charge in [0.2, 0.25) is 5.91 Å². The number of aromatic nitrogens is 1. The van der Waals surface area contributed by atoms with E-state index in [1.807, 2.05) is 35.0 Å². The van der Waals surface area contributed by atoms with Crippen molar-refractivity contribution in [3.05, 3.63) is 60.3 Å². The number of rotatable bonds is 5. The first-order chi connectivity index (χ1) is 12.1. The van der Waals surface area contributed by atoms with Gasteiger partial charge in [0.25, 0.3) is 0 Å². The molecule has 0 saturated heterocycles. The van der Waals surface area contributed by atoms with Crippen molar-refractivity contribution in [1.82, 2.24) is 4.57 Å². The molecule has 0 saturated carbocycles. The number of nitrogens with zero attached hydrogens (tertiary/aromatic N) is 1. The number of fused-ring (bicyclic) bond motifs is 1. The molecule has 1 heterocycles. The average Bonchev–Trinajstić information content (AvgIpc) is 3.03. The summed E-state index contributed by atoms with van der Waals surface area (Å²) in [4.78, 5) is 23.7. The summed E-state index contributed by atoms with van der Waals surface area (Å²) in [6, 6.07) is 14.2. The van der Waals surface area contributed by atoms with E-state index in [1.54, 1.807) is 31.4 Å². The lowest BCUT2D eigenvalue weighted by Gasteiger charge is -2.08. The maximum Gasteiger partial charge on any atom is 0.337 e. The van der Waals surface area contributed by atoms with Crippen molar-refractivity contribution in [2.45, 2.75) is 6.54 Å². The van der Waals surface area contributed by atoms with Gasteiger partial charge in [0.05, 0.1) is 19.8 Å². The highest BCUT2D eigenvalue weighted by Gasteiger charge is 2.09. The Morgan fingerprint density at radius 1 is 1.04 bits per heavy atom. The molecule has 0 radical (unpaired) electrons. The highest BCUT2D eigenvalue weighted by Crippen LogP contribution is 2.22. The topological polar surface area (TPSA) is 69.6 Å². The molecule has 6 nitrogen and oxygen atoms in total. The molecule has 0 atom stereocenters. The highest BCUT2D eigenvalue weighted by molar-refractivity contribution is 5.93. The molecule has 0 aliphatic heterocycles.